The van der Waals surface area contributed by atoms with Gasteiger partial charge in [-0.15, -0.1) is 0 Å². The quantitative estimate of drug-likeness (QED) is 0.356. The molecule has 0 aliphatic heterocycles. The minimum absolute atomic E-state index is 0.0581. The molecule has 23 heavy (non-hydrogen) atoms. The summed E-state index contributed by atoms with van der Waals surface area (Å²) in [5.74, 6) is -2.70. The summed E-state index contributed by atoms with van der Waals surface area (Å²) in [6, 6.07) is 0. The second kappa shape index (κ2) is 10.7. The summed E-state index contributed by atoms with van der Waals surface area (Å²) >= 11 is 0. The van der Waals surface area contributed by atoms with Crippen molar-refractivity contribution in [1.82, 2.24) is 0 Å². The van der Waals surface area contributed by atoms with Crippen molar-refractivity contribution in [2.45, 2.75) is 24.8 Å². The van der Waals surface area contributed by atoms with Crippen molar-refractivity contribution in [2.75, 3.05) is 55.9 Å². The number of ether oxygens (including phenoxy) is 6. The molecule has 1 N–H and O–H groups in total. The molecular weight excluding hydrogens is 335 g/mol. The van der Waals surface area contributed by atoms with Crippen LogP contribution < -0.4 is 0 Å². The zero-order chi connectivity index (χ0) is 18.0. The molecule has 11 heteroatoms. The van der Waals surface area contributed by atoms with Crippen LogP contribution in [0.3, 0.4) is 0 Å². The predicted octanol–water partition coefficient (Wildman–Crippen LogP) is 1.09. The summed E-state index contributed by atoms with van der Waals surface area (Å²) in [5, 5.41) is 0. The number of hydrogen-bond donors (Lipinski definition) is 1. The van der Waals surface area contributed by atoms with E-state index in [1.165, 1.54) is 42.7 Å². The Labute approximate surface area is 136 Å². The molecule has 0 aromatic heterocycles. The van der Waals surface area contributed by atoms with Crippen LogP contribution in [-0.4, -0.2) is 72.7 Å². The van der Waals surface area contributed by atoms with Crippen LogP contribution in [0.4, 0.5) is 0 Å². The first-order valence-corrected chi connectivity index (χ1v) is 8.20. The fraction of sp³-hybridized carbons (Fsp3) is 1.00. The number of hydrogen-bond acceptors (Lipinski definition) is 9. The Morgan fingerprint density at radius 1 is 0.696 bits per heavy atom. The lowest BCUT2D eigenvalue weighted by Gasteiger charge is -2.29. The maximum Gasteiger partial charge on any atom is 0.472 e. The molecule has 0 aromatic carbocycles. The Morgan fingerprint density at radius 2 is 0.957 bits per heavy atom. The Morgan fingerprint density at radius 3 is 1.17 bits per heavy atom. The van der Waals surface area contributed by atoms with Gasteiger partial charge in [0.05, 0.1) is 26.1 Å². The second-order valence-corrected chi connectivity index (χ2v) is 5.68. The van der Waals surface area contributed by atoms with Crippen LogP contribution >= 0.6 is 7.82 Å². The molecule has 0 rings (SSSR count). The van der Waals surface area contributed by atoms with Crippen LogP contribution in [-0.2, 0) is 42.0 Å². The SMILES string of the molecule is COC(CCOP(=O)(O)OCCC(OC)(OC)OC)(OC)OC. The highest BCUT2D eigenvalue weighted by Gasteiger charge is 2.33. The van der Waals surface area contributed by atoms with Crippen LogP contribution in [0.5, 0.6) is 0 Å². The maximum atomic E-state index is 11.8. The van der Waals surface area contributed by atoms with Gasteiger partial charge in [0.15, 0.2) is 0 Å². The molecule has 0 saturated heterocycles. The molecule has 0 aromatic rings. The zero-order valence-electron chi connectivity index (χ0n) is 14.4. The molecule has 140 valence electrons. The van der Waals surface area contributed by atoms with Crippen LogP contribution in [0.25, 0.3) is 0 Å². The van der Waals surface area contributed by atoms with Crippen LogP contribution in [0.2, 0.25) is 0 Å². The summed E-state index contributed by atoms with van der Waals surface area (Å²) in [7, 11) is 4.00. The summed E-state index contributed by atoms with van der Waals surface area (Å²) < 4.78 is 51.7. The van der Waals surface area contributed by atoms with Crippen molar-refractivity contribution in [3.05, 3.63) is 0 Å². The summed E-state index contributed by atoms with van der Waals surface area (Å²) in [5.41, 5.74) is 0. The highest BCUT2D eigenvalue weighted by atomic mass is 31.2. The van der Waals surface area contributed by atoms with Crippen LogP contribution in [0, 0.1) is 0 Å². The molecule has 0 bridgehead atoms. The second-order valence-electron chi connectivity index (χ2n) is 4.23. The first-order valence-electron chi connectivity index (χ1n) is 6.71. The van der Waals surface area contributed by atoms with Gasteiger partial charge >= 0.3 is 7.82 Å². The van der Waals surface area contributed by atoms with E-state index in [-0.39, 0.29) is 26.1 Å². The smallest absolute Gasteiger partial charge is 0.331 e. The minimum Gasteiger partial charge on any atom is -0.331 e. The van der Waals surface area contributed by atoms with Crippen molar-refractivity contribution in [3.63, 3.8) is 0 Å². The first kappa shape index (κ1) is 22.9. The van der Waals surface area contributed by atoms with Gasteiger partial charge < -0.3 is 33.3 Å². The van der Waals surface area contributed by atoms with Crippen molar-refractivity contribution >= 4 is 7.82 Å². The van der Waals surface area contributed by atoms with Crippen LogP contribution in [0.1, 0.15) is 12.8 Å². The lowest BCUT2D eigenvalue weighted by molar-refractivity contribution is -0.356. The highest BCUT2D eigenvalue weighted by Crippen LogP contribution is 2.44. The number of rotatable bonds is 14. The van der Waals surface area contributed by atoms with Crippen molar-refractivity contribution < 1.29 is 46.9 Å². The fourth-order valence-electron chi connectivity index (χ4n) is 1.72. The molecule has 0 aliphatic carbocycles. The van der Waals surface area contributed by atoms with E-state index in [2.05, 4.69) is 0 Å². The van der Waals surface area contributed by atoms with Gasteiger partial charge in [-0.05, 0) is 0 Å². The summed E-state index contributed by atoms with van der Waals surface area (Å²) in [6.45, 7) is -0.374. The van der Waals surface area contributed by atoms with Gasteiger partial charge in [-0.25, -0.2) is 4.57 Å². The third-order valence-electron chi connectivity index (χ3n) is 3.19. The number of methoxy groups -OCH3 is 6. The van der Waals surface area contributed by atoms with Crippen molar-refractivity contribution in [2.24, 2.45) is 0 Å². The molecule has 0 amide bonds. The van der Waals surface area contributed by atoms with E-state index in [1.807, 2.05) is 0 Å². The molecule has 0 fully saturated rings. The van der Waals surface area contributed by atoms with E-state index < -0.39 is 19.8 Å². The van der Waals surface area contributed by atoms with Crippen molar-refractivity contribution in [1.29, 1.82) is 0 Å². The van der Waals surface area contributed by atoms with E-state index >= 15 is 0 Å². The van der Waals surface area contributed by atoms with E-state index in [4.69, 9.17) is 37.5 Å². The van der Waals surface area contributed by atoms with Crippen molar-refractivity contribution in [3.8, 4) is 0 Å². The molecule has 0 aliphatic rings. The molecule has 0 heterocycles. The third kappa shape index (κ3) is 7.53. The lowest BCUT2D eigenvalue weighted by atomic mass is 10.4. The Hall–Kier alpha value is -0.130. The van der Waals surface area contributed by atoms with Crippen LogP contribution in [0.15, 0.2) is 0 Å². The monoisotopic (exact) mass is 362 g/mol. The van der Waals surface area contributed by atoms with E-state index in [1.54, 1.807) is 0 Å². The predicted molar refractivity (Wildman–Crippen MR) is 78.5 cm³/mol. The van der Waals surface area contributed by atoms with Gasteiger partial charge in [0.2, 0.25) is 0 Å². The largest absolute Gasteiger partial charge is 0.472 e. The topological polar surface area (TPSA) is 111 Å². The molecule has 10 nitrogen and oxygen atoms in total. The number of phosphoric acid groups is 1. The maximum absolute atomic E-state index is 11.8. The third-order valence-corrected chi connectivity index (χ3v) is 4.21. The fourth-order valence-corrected chi connectivity index (χ4v) is 2.44. The minimum atomic E-state index is -4.26. The van der Waals surface area contributed by atoms with E-state index in [9.17, 15) is 9.46 Å². The first-order chi connectivity index (χ1) is 10.8. The van der Waals surface area contributed by atoms with Gasteiger partial charge in [-0.3, -0.25) is 9.05 Å². The summed E-state index contributed by atoms with van der Waals surface area (Å²) in [4.78, 5) is 9.61. The average molecular weight is 362 g/mol. The standard InChI is InChI=1S/C12H27O10P/c1-15-11(16-2,17-3)7-9-21-23(13,14)22-10-8-12(18-4,19-5)20-6/h7-10H2,1-6H3,(H,13,14). The zero-order valence-corrected chi connectivity index (χ0v) is 15.3. The highest BCUT2D eigenvalue weighted by molar-refractivity contribution is 7.47. The van der Waals surface area contributed by atoms with Gasteiger partial charge in [0.25, 0.3) is 11.9 Å². The number of phosphoric ester groups is 1. The Bertz CT molecular complexity index is 309. The molecular formula is C12H27O10P. The summed E-state index contributed by atoms with van der Waals surface area (Å²) in [6.07, 6.45) is 0.116. The van der Waals surface area contributed by atoms with Gasteiger partial charge in [-0.2, -0.15) is 0 Å². The Kier molecular flexibility index (Phi) is 10.6. The van der Waals surface area contributed by atoms with Gasteiger partial charge in [0, 0.05) is 42.7 Å². The normalized spacial score (nSPS) is 13.5. The lowest BCUT2D eigenvalue weighted by Crippen LogP contribution is -2.37. The van der Waals surface area contributed by atoms with E-state index in [0.717, 1.165) is 0 Å². The van der Waals surface area contributed by atoms with Gasteiger partial charge in [-0.1, -0.05) is 0 Å². The molecule has 0 unspecified atom stereocenters. The Balaban J connectivity index is 4.32. The van der Waals surface area contributed by atoms with Gasteiger partial charge in [0.1, 0.15) is 0 Å². The molecule has 0 radical (unpaired) electrons. The van der Waals surface area contributed by atoms with E-state index in [0.29, 0.717) is 0 Å². The average Bonchev–Trinajstić information content (AvgIpc) is 2.56. The molecule has 0 saturated carbocycles. The molecule has 0 spiro atoms. The molecule has 0 atom stereocenters.